The average molecular weight is 696 g/mol. The van der Waals surface area contributed by atoms with E-state index in [9.17, 15) is 4.79 Å². The monoisotopic (exact) mass is 695 g/mol. The van der Waals surface area contributed by atoms with Crippen molar-refractivity contribution < 1.29 is 4.74 Å². The van der Waals surface area contributed by atoms with Crippen LogP contribution in [-0.2, 0) is 11.3 Å². The molecule has 6 rings (SSSR count). The summed E-state index contributed by atoms with van der Waals surface area (Å²) in [4.78, 5) is 34.0. The molecule has 1 spiro atoms. The maximum absolute atomic E-state index is 13.3. The molecule has 2 fully saturated rings. The molecule has 2 saturated heterocycles. The molecule has 4 aromatic rings. The first-order valence-electron chi connectivity index (χ1n) is 12.4. The van der Waals surface area contributed by atoms with E-state index in [4.69, 9.17) is 33.7 Å². The Labute approximate surface area is 252 Å². The summed E-state index contributed by atoms with van der Waals surface area (Å²) in [5.41, 5.74) is 7.64. The highest BCUT2D eigenvalue weighted by molar-refractivity contribution is 14.1. The summed E-state index contributed by atoms with van der Waals surface area (Å²) in [6.07, 6.45) is 8.59. The number of benzene rings is 1. The number of nitrogens with zero attached hydrogens (tertiary/aromatic N) is 6. The lowest BCUT2D eigenvalue weighted by atomic mass is 9.75. The Balaban J connectivity index is 1.18. The predicted octanol–water partition coefficient (Wildman–Crippen LogP) is 4.79. The fourth-order valence-electron chi connectivity index (χ4n) is 5.14. The number of hydrogen-bond donors (Lipinski definition) is 1. The van der Waals surface area contributed by atoms with Crippen LogP contribution in [0.3, 0.4) is 0 Å². The van der Waals surface area contributed by atoms with E-state index in [1.54, 1.807) is 36.8 Å². The number of piperidine rings is 1. The molecular formula is C26H24Cl2IN7O2S. The highest BCUT2D eigenvalue weighted by Gasteiger charge is 2.48. The molecule has 13 heteroatoms. The van der Waals surface area contributed by atoms with E-state index >= 15 is 0 Å². The highest BCUT2D eigenvalue weighted by atomic mass is 127. The third kappa shape index (κ3) is 5.36. The minimum absolute atomic E-state index is 0.0528. The quantitative estimate of drug-likeness (QED) is 0.179. The molecule has 0 unspecified atom stereocenters. The lowest BCUT2D eigenvalue weighted by molar-refractivity contribution is 0.127. The van der Waals surface area contributed by atoms with E-state index < -0.39 is 0 Å². The number of nitrogens with two attached hydrogens (primary N) is 1. The number of aromatic nitrogens is 5. The van der Waals surface area contributed by atoms with Crippen LogP contribution >= 0.6 is 57.6 Å². The Hall–Kier alpha value is -2.03. The summed E-state index contributed by atoms with van der Waals surface area (Å²) >= 11 is 16.4. The molecule has 39 heavy (non-hydrogen) atoms. The Kier molecular flexibility index (Phi) is 7.72. The molecule has 9 nitrogen and oxygen atoms in total. The zero-order valence-electron chi connectivity index (χ0n) is 20.6. The van der Waals surface area contributed by atoms with Crippen LogP contribution in [0.25, 0.3) is 10.9 Å². The highest BCUT2D eigenvalue weighted by Crippen LogP contribution is 2.43. The minimum atomic E-state index is -0.231. The topological polar surface area (TPSA) is 112 Å². The van der Waals surface area contributed by atoms with Crippen LogP contribution in [0.4, 0.5) is 5.82 Å². The largest absolute Gasteiger partial charge is 0.366 e. The Morgan fingerprint density at radius 3 is 2.64 bits per heavy atom. The van der Waals surface area contributed by atoms with Gasteiger partial charge in [0, 0.05) is 35.6 Å². The standard InChI is InChI=1S/C26H24Cl2IN7O2S/c27-18-9-15(3-6-31-18)12-36-14-34-16-1-2-17(22(28)21(16)25(36)37)39-20-11-32-19(10-33-20)35-7-4-26(5-8-35)13-38-24(29)23(26)30/h1-3,6,9-11,14,23-24H,4-5,7-8,12-13,30H2/t23-,24-/m1/s1. The van der Waals surface area contributed by atoms with Crippen molar-refractivity contribution in [1.29, 1.82) is 0 Å². The van der Waals surface area contributed by atoms with Gasteiger partial charge < -0.3 is 15.4 Å². The van der Waals surface area contributed by atoms with Crippen LogP contribution < -0.4 is 16.2 Å². The average Bonchev–Trinajstić information content (AvgIpc) is 3.21. The van der Waals surface area contributed by atoms with Crippen LogP contribution in [0.2, 0.25) is 10.2 Å². The van der Waals surface area contributed by atoms with Gasteiger partial charge in [-0.15, -0.1) is 0 Å². The normalized spacial score (nSPS) is 20.7. The molecule has 0 aliphatic carbocycles. The first kappa shape index (κ1) is 27.2. The number of halogens is 3. The van der Waals surface area contributed by atoms with Crippen LogP contribution in [0.1, 0.15) is 18.4 Å². The van der Waals surface area contributed by atoms with Crippen molar-refractivity contribution in [2.24, 2.45) is 11.1 Å². The molecule has 2 N–H and O–H groups in total. The van der Waals surface area contributed by atoms with Gasteiger partial charge in [0.1, 0.15) is 20.1 Å². The van der Waals surface area contributed by atoms with Gasteiger partial charge in [0.15, 0.2) is 0 Å². The molecule has 2 atom stereocenters. The number of hydrogen-bond acceptors (Lipinski definition) is 9. The molecule has 3 aromatic heterocycles. The Morgan fingerprint density at radius 2 is 1.95 bits per heavy atom. The second-order valence-corrected chi connectivity index (χ2v) is 12.8. The van der Waals surface area contributed by atoms with Crippen molar-refractivity contribution in [3.63, 3.8) is 0 Å². The predicted molar refractivity (Wildman–Crippen MR) is 161 cm³/mol. The van der Waals surface area contributed by atoms with Crippen molar-refractivity contribution in [2.45, 2.75) is 39.5 Å². The lowest BCUT2D eigenvalue weighted by Gasteiger charge is -2.41. The second-order valence-electron chi connectivity index (χ2n) is 9.79. The summed E-state index contributed by atoms with van der Waals surface area (Å²) in [6, 6.07) is 7.22. The Morgan fingerprint density at radius 1 is 1.13 bits per heavy atom. The number of ether oxygens (including phenoxy) is 1. The number of rotatable bonds is 5. The first-order chi connectivity index (χ1) is 18.8. The van der Waals surface area contributed by atoms with Gasteiger partial charge in [-0.3, -0.25) is 9.36 Å². The molecule has 1 aromatic carbocycles. The number of alkyl halides is 1. The van der Waals surface area contributed by atoms with Crippen LogP contribution in [0.5, 0.6) is 0 Å². The van der Waals surface area contributed by atoms with Crippen LogP contribution in [-0.4, -0.2) is 54.4 Å². The van der Waals surface area contributed by atoms with Crippen LogP contribution in [0, 0.1) is 5.41 Å². The van der Waals surface area contributed by atoms with Gasteiger partial charge in [-0.05, 0) is 65.3 Å². The maximum atomic E-state index is 13.3. The van der Waals surface area contributed by atoms with Crippen molar-refractivity contribution in [2.75, 3.05) is 24.6 Å². The number of pyridine rings is 1. The molecule has 202 valence electrons. The summed E-state index contributed by atoms with van der Waals surface area (Å²) in [5.74, 6) is 0.834. The first-order valence-corrected chi connectivity index (χ1v) is 15.2. The molecule has 0 amide bonds. The molecule has 2 aliphatic rings. The van der Waals surface area contributed by atoms with E-state index in [2.05, 4.69) is 47.4 Å². The fourth-order valence-corrected chi connectivity index (χ4v) is 7.39. The van der Waals surface area contributed by atoms with Gasteiger partial charge in [-0.2, -0.15) is 0 Å². The minimum Gasteiger partial charge on any atom is -0.366 e. The summed E-state index contributed by atoms with van der Waals surface area (Å²) in [6.45, 7) is 2.76. The summed E-state index contributed by atoms with van der Waals surface area (Å²) in [7, 11) is 0. The lowest BCUT2D eigenvalue weighted by Crippen LogP contribution is -2.50. The van der Waals surface area contributed by atoms with Gasteiger partial charge in [0.2, 0.25) is 0 Å². The third-order valence-corrected chi connectivity index (χ3v) is 10.3. The van der Waals surface area contributed by atoms with E-state index in [1.165, 1.54) is 22.7 Å². The van der Waals surface area contributed by atoms with Crippen molar-refractivity contribution >= 4 is 74.3 Å². The number of anilines is 1. The van der Waals surface area contributed by atoms with Gasteiger partial charge in [-0.25, -0.2) is 19.9 Å². The Bertz CT molecular complexity index is 1580. The van der Waals surface area contributed by atoms with E-state index in [-0.39, 0.29) is 21.1 Å². The molecular weight excluding hydrogens is 672 g/mol. The van der Waals surface area contributed by atoms with Crippen LogP contribution in [0.15, 0.2) is 63.9 Å². The molecule has 2 aliphatic heterocycles. The van der Waals surface area contributed by atoms with Gasteiger partial charge in [0.25, 0.3) is 5.56 Å². The smallest absolute Gasteiger partial charge is 0.263 e. The molecule has 5 heterocycles. The molecule has 0 radical (unpaired) electrons. The zero-order valence-corrected chi connectivity index (χ0v) is 25.1. The van der Waals surface area contributed by atoms with E-state index in [1.807, 2.05) is 6.07 Å². The van der Waals surface area contributed by atoms with Crippen molar-refractivity contribution in [3.05, 3.63) is 75.3 Å². The van der Waals surface area contributed by atoms with E-state index in [0.29, 0.717) is 37.5 Å². The van der Waals surface area contributed by atoms with Gasteiger partial charge in [-0.1, -0.05) is 35.0 Å². The summed E-state index contributed by atoms with van der Waals surface area (Å²) < 4.78 is 7.41. The number of fused-ring (bicyclic) bond motifs is 1. The third-order valence-electron chi connectivity index (χ3n) is 7.47. The maximum Gasteiger partial charge on any atom is 0.263 e. The van der Waals surface area contributed by atoms with E-state index in [0.717, 1.165) is 43.9 Å². The van der Waals surface area contributed by atoms with Gasteiger partial charge >= 0.3 is 0 Å². The second kappa shape index (κ2) is 11.1. The fraction of sp³-hybridized carbons (Fsp3) is 0.346. The summed E-state index contributed by atoms with van der Waals surface area (Å²) in [5, 5.41) is 1.75. The molecule has 0 bridgehead atoms. The SMILES string of the molecule is N[C@@H]1[C@H](I)OCC12CCN(c1cnc(Sc3ccc4ncn(Cc5ccnc(Cl)c5)c(=O)c4c3Cl)cn1)CC2. The molecule has 0 saturated carbocycles. The van der Waals surface area contributed by atoms with Crippen molar-refractivity contribution in [3.8, 4) is 0 Å². The van der Waals surface area contributed by atoms with Crippen molar-refractivity contribution in [1.82, 2.24) is 24.5 Å². The zero-order chi connectivity index (χ0) is 27.1. The van der Waals surface area contributed by atoms with Gasteiger partial charge in [0.05, 0.1) is 47.8 Å².